The first-order valence-electron chi connectivity index (χ1n) is 7.13. The Hall–Kier alpha value is -1.06. The minimum Gasteiger partial charge on any atom is -0.271 e. The Labute approximate surface area is 136 Å². The standard InChI is InChI=1S/C17H20Cl2N2/c1-2-3-12-4-7-14(8-5-12)17(21-20)11-13-6-9-15(18)16(19)10-13/h4-10,17,21H,2-3,11,20H2,1H3. The van der Waals surface area contributed by atoms with Gasteiger partial charge in [0, 0.05) is 6.04 Å². The van der Waals surface area contributed by atoms with E-state index in [9.17, 15) is 0 Å². The lowest BCUT2D eigenvalue weighted by Crippen LogP contribution is -2.29. The van der Waals surface area contributed by atoms with Crippen LogP contribution >= 0.6 is 23.2 Å². The molecule has 4 heteroatoms. The van der Waals surface area contributed by atoms with Gasteiger partial charge >= 0.3 is 0 Å². The molecule has 0 aliphatic rings. The number of rotatable bonds is 6. The highest BCUT2D eigenvalue weighted by Gasteiger charge is 2.11. The quantitative estimate of drug-likeness (QED) is 0.598. The van der Waals surface area contributed by atoms with E-state index < -0.39 is 0 Å². The minimum absolute atomic E-state index is 0.0536. The molecule has 2 aromatic rings. The van der Waals surface area contributed by atoms with Crippen LogP contribution in [0.5, 0.6) is 0 Å². The first-order chi connectivity index (χ1) is 10.1. The highest BCUT2D eigenvalue weighted by atomic mass is 35.5. The monoisotopic (exact) mass is 322 g/mol. The Morgan fingerprint density at radius 2 is 1.67 bits per heavy atom. The fraction of sp³-hybridized carbons (Fsp3) is 0.294. The number of aryl methyl sites for hydroxylation is 1. The van der Waals surface area contributed by atoms with E-state index >= 15 is 0 Å². The molecule has 0 amide bonds. The molecule has 2 nitrogen and oxygen atoms in total. The Bertz CT molecular complexity index is 582. The maximum atomic E-state index is 6.06. The van der Waals surface area contributed by atoms with Crippen LogP contribution in [0.25, 0.3) is 0 Å². The Morgan fingerprint density at radius 3 is 2.24 bits per heavy atom. The molecule has 3 N–H and O–H groups in total. The Morgan fingerprint density at radius 1 is 1.00 bits per heavy atom. The molecule has 1 atom stereocenters. The lowest BCUT2D eigenvalue weighted by Gasteiger charge is -2.17. The van der Waals surface area contributed by atoms with E-state index in [2.05, 4.69) is 36.6 Å². The molecule has 0 saturated carbocycles. The fourth-order valence-corrected chi connectivity index (χ4v) is 2.70. The summed E-state index contributed by atoms with van der Waals surface area (Å²) in [6.45, 7) is 2.18. The molecule has 0 heterocycles. The third-order valence-corrected chi connectivity index (χ3v) is 4.28. The van der Waals surface area contributed by atoms with Crippen molar-refractivity contribution in [2.45, 2.75) is 32.2 Å². The molecule has 0 aliphatic carbocycles. The normalized spacial score (nSPS) is 12.4. The van der Waals surface area contributed by atoms with Gasteiger partial charge in [0.15, 0.2) is 0 Å². The van der Waals surface area contributed by atoms with Crippen LogP contribution in [-0.4, -0.2) is 0 Å². The predicted octanol–water partition coefficient (Wildman–Crippen LogP) is 4.69. The van der Waals surface area contributed by atoms with Crippen molar-refractivity contribution in [3.05, 3.63) is 69.2 Å². The molecule has 0 saturated heterocycles. The molecule has 0 fully saturated rings. The summed E-state index contributed by atoms with van der Waals surface area (Å²) in [7, 11) is 0. The van der Waals surface area contributed by atoms with Crippen LogP contribution in [0.15, 0.2) is 42.5 Å². The van der Waals surface area contributed by atoms with E-state index in [0.29, 0.717) is 10.0 Å². The van der Waals surface area contributed by atoms with E-state index in [1.807, 2.05) is 18.2 Å². The van der Waals surface area contributed by atoms with Crippen LogP contribution < -0.4 is 11.3 Å². The number of benzene rings is 2. The number of hydrazine groups is 1. The molecule has 112 valence electrons. The highest BCUT2D eigenvalue weighted by Crippen LogP contribution is 2.25. The van der Waals surface area contributed by atoms with Crippen LogP contribution in [0, 0.1) is 0 Å². The number of nitrogens with two attached hydrogens (primary N) is 1. The maximum Gasteiger partial charge on any atom is 0.0595 e. The molecular weight excluding hydrogens is 303 g/mol. The molecule has 0 radical (unpaired) electrons. The van der Waals surface area contributed by atoms with Gasteiger partial charge < -0.3 is 0 Å². The van der Waals surface area contributed by atoms with Crippen LogP contribution in [0.3, 0.4) is 0 Å². The van der Waals surface area contributed by atoms with Crippen molar-refractivity contribution in [2.24, 2.45) is 5.84 Å². The number of halogens is 2. The SMILES string of the molecule is CCCc1ccc(C(Cc2ccc(Cl)c(Cl)c2)NN)cc1. The minimum atomic E-state index is 0.0536. The lowest BCUT2D eigenvalue weighted by atomic mass is 9.98. The molecule has 2 aromatic carbocycles. The molecule has 0 bridgehead atoms. The predicted molar refractivity (Wildman–Crippen MR) is 90.7 cm³/mol. The summed E-state index contributed by atoms with van der Waals surface area (Å²) in [6, 6.07) is 14.3. The smallest absolute Gasteiger partial charge is 0.0595 e. The molecule has 1 unspecified atom stereocenters. The summed E-state index contributed by atoms with van der Waals surface area (Å²) in [6.07, 6.45) is 3.02. The van der Waals surface area contributed by atoms with E-state index in [-0.39, 0.29) is 6.04 Å². The van der Waals surface area contributed by atoms with Gasteiger partial charge in [-0.2, -0.15) is 0 Å². The highest BCUT2D eigenvalue weighted by molar-refractivity contribution is 6.42. The van der Waals surface area contributed by atoms with E-state index in [1.165, 1.54) is 11.1 Å². The third-order valence-electron chi connectivity index (χ3n) is 3.55. The average molecular weight is 323 g/mol. The van der Waals surface area contributed by atoms with Crippen molar-refractivity contribution in [3.8, 4) is 0 Å². The molecule has 21 heavy (non-hydrogen) atoms. The second-order valence-electron chi connectivity index (χ2n) is 5.16. The van der Waals surface area contributed by atoms with Crippen LogP contribution in [0.2, 0.25) is 10.0 Å². The van der Waals surface area contributed by atoms with Crippen molar-refractivity contribution in [3.63, 3.8) is 0 Å². The van der Waals surface area contributed by atoms with Crippen molar-refractivity contribution >= 4 is 23.2 Å². The van der Waals surface area contributed by atoms with Crippen LogP contribution in [-0.2, 0) is 12.8 Å². The Balaban J connectivity index is 2.13. The van der Waals surface area contributed by atoms with Crippen molar-refractivity contribution in [1.82, 2.24) is 5.43 Å². The average Bonchev–Trinajstić information content (AvgIpc) is 2.50. The molecule has 0 aromatic heterocycles. The van der Waals surface area contributed by atoms with E-state index in [1.54, 1.807) is 0 Å². The zero-order chi connectivity index (χ0) is 15.2. The summed E-state index contributed by atoms with van der Waals surface area (Å²) < 4.78 is 0. The number of hydrogen-bond acceptors (Lipinski definition) is 2. The van der Waals surface area contributed by atoms with Crippen molar-refractivity contribution < 1.29 is 0 Å². The first-order valence-corrected chi connectivity index (χ1v) is 7.88. The zero-order valence-electron chi connectivity index (χ0n) is 12.1. The van der Waals surface area contributed by atoms with E-state index in [0.717, 1.165) is 24.8 Å². The van der Waals surface area contributed by atoms with Crippen LogP contribution in [0.4, 0.5) is 0 Å². The van der Waals surface area contributed by atoms with Gasteiger partial charge in [0.25, 0.3) is 0 Å². The van der Waals surface area contributed by atoms with Gasteiger partial charge in [0.2, 0.25) is 0 Å². The molecule has 0 spiro atoms. The number of nitrogens with one attached hydrogen (secondary N) is 1. The van der Waals surface area contributed by atoms with Gasteiger partial charge in [0.05, 0.1) is 10.0 Å². The lowest BCUT2D eigenvalue weighted by molar-refractivity contribution is 0.552. The van der Waals surface area contributed by atoms with Crippen molar-refractivity contribution in [1.29, 1.82) is 0 Å². The van der Waals surface area contributed by atoms with Gasteiger partial charge in [-0.05, 0) is 41.7 Å². The summed E-state index contributed by atoms with van der Waals surface area (Å²) in [4.78, 5) is 0. The second kappa shape index (κ2) is 7.81. The van der Waals surface area contributed by atoms with Gasteiger partial charge in [0.1, 0.15) is 0 Å². The summed E-state index contributed by atoms with van der Waals surface area (Å²) in [5, 5.41) is 1.14. The molecule has 2 rings (SSSR count). The largest absolute Gasteiger partial charge is 0.271 e. The first kappa shape index (κ1) is 16.3. The van der Waals surface area contributed by atoms with Gasteiger partial charge in [-0.15, -0.1) is 0 Å². The number of hydrogen-bond donors (Lipinski definition) is 2. The second-order valence-corrected chi connectivity index (χ2v) is 5.98. The Kier molecular flexibility index (Phi) is 6.07. The van der Waals surface area contributed by atoms with Gasteiger partial charge in [-0.3, -0.25) is 11.3 Å². The third kappa shape index (κ3) is 4.45. The topological polar surface area (TPSA) is 38.0 Å². The summed E-state index contributed by atoms with van der Waals surface area (Å²) in [5.74, 6) is 5.71. The van der Waals surface area contributed by atoms with Gasteiger partial charge in [-0.25, -0.2) is 0 Å². The maximum absolute atomic E-state index is 6.06. The molecular formula is C17H20Cl2N2. The summed E-state index contributed by atoms with van der Waals surface area (Å²) >= 11 is 12.0. The van der Waals surface area contributed by atoms with E-state index in [4.69, 9.17) is 29.0 Å². The summed E-state index contributed by atoms with van der Waals surface area (Å²) in [5.41, 5.74) is 6.50. The van der Waals surface area contributed by atoms with Crippen LogP contribution in [0.1, 0.15) is 36.1 Å². The molecule has 0 aliphatic heterocycles. The zero-order valence-corrected chi connectivity index (χ0v) is 13.6. The van der Waals surface area contributed by atoms with Crippen molar-refractivity contribution in [2.75, 3.05) is 0 Å². The fourth-order valence-electron chi connectivity index (χ4n) is 2.38. The van der Waals surface area contributed by atoms with Gasteiger partial charge in [-0.1, -0.05) is 66.9 Å².